The van der Waals surface area contributed by atoms with Gasteiger partial charge >= 0.3 is 5.97 Å². The fourth-order valence-electron chi connectivity index (χ4n) is 2.58. The molecule has 1 atom stereocenters. The number of carbonyl (C=O) groups excluding carboxylic acids is 1. The molecule has 0 saturated carbocycles. The van der Waals surface area contributed by atoms with E-state index in [-0.39, 0.29) is 5.97 Å². The summed E-state index contributed by atoms with van der Waals surface area (Å²) in [4.78, 5) is 11.1. The van der Waals surface area contributed by atoms with Crippen LogP contribution in [0, 0.1) is 0 Å². The summed E-state index contributed by atoms with van der Waals surface area (Å²) in [6.07, 6.45) is 18.7. The summed E-state index contributed by atoms with van der Waals surface area (Å²) in [6, 6.07) is 0. The molecule has 0 aromatic rings. The third kappa shape index (κ3) is 16.1. The minimum absolute atomic E-state index is 0.295. The Labute approximate surface area is 143 Å². The van der Waals surface area contributed by atoms with Gasteiger partial charge in [-0.2, -0.15) is 0 Å². The number of unbranched alkanes of at least 4 members (excludes halogenated alkanes) is 13. The summed E-state index contributed by atoms with van der Waals surface area (Å²) >= 11 is 5.62. The van der Waals surface area contributed by atoms with Gasteiger partial charge in [0, 0.05) is 0 Å². The Hall–Kier alpha value is -0.240. The molecule has 0 fully saturated rings. The molecule has 0 aromatic carbocycles. The van der Waals surface area contributed by atoms with Gasteiger partial charge in [-0.25, -0.2) is 0 Å². The molecule has 0 aliphatic rings. The molecular formula is C19H37ClO2. The molecule has 0 spiro atoms. The molecule has 0 heterocycles. The number of carbonyl (C=O) groups is 1. The zero-order chi connectivity index (χ0) is 16.5. The Morgan fingerprint density at radius 2 is 1.14 bits per heavy atom. The molecule has 3 heteroatoms. The van der Waals surface area contributed by atoms with Crippen molar-refractivity contribution < 1.29 is 9.53 Å². The van der Waals surface area contributed by atoms with Gasteiger partial charge in [-0.05, 0) is 13.3 Å². The smallest absolute Gasteiger partial charge is 0.323 e. The summed E-state index contributed by atoms with van der Waals surface area (Å²) in [5.41, 5.74) is 0. The van der Waals surface area contributed by atoms with Crippen LogP contribution < -0.4 is 0 Å². The molecule has 2 nitrogen and oxygen atoms in total. The van der Waals surface area contributed by atoms with Gasteiger partial charge in [0.15, 0.2) is 0 Å². The second-order valence-corrected chi connectivity index (χ2v) is 7.03. The molecule has 0 aliphatic heterocycles. The first-order valence-corrected chi connectivity index (χ1v) is 9.92. The van der Waals surface area contributed by atoms with Crippen molar-refractivity contribution in [1.29, 1.82) is 0 Å². The minimum atomic E-state index is -0.522. The van der Waals surface area contributed by atoms with Crippen molar-refractivity contribution in [3.8, 4) is 0 Å². The van der Waals surface area contributed by atoms with Crippen LogP contribution in [0.5, 0.6) is 0 Å². The maximum absolute atomic E-state index is 11.1. The van der Waals surface area contributed by atoms with Crippen molar-refractivity contribution in [2.24, 2.45) is 0 Å². The number of hydrogen-bond acceptors (Lipinski definition) is 2. The first-order valence-electron chi connectivity index (χ1n) is 9.49. The van der Waals surface area contributed by atoms with Gasteiger partial charge in [0.1, 0.15) is 5.38 Å². The SMILES string of the molecule is CCCCCCCCCCCCCCCCOC(=O)C(C)Cl. The Balaban J connectivity index is 3.04. The largest absolute Gasteiger partial charge is 0.465 e. The third-order valence-electron chi connectivity index (χ3n) is 4.07. The monoisotopic (exact) mass is 332 g/mol. The molecule has 0 radical (unpaired) electrons. The average Bonchev–Trinajstić information content (AvgIpc) is 2.50. The van der Waals surface area contributed by atoms with E-state index in [4.69, 9.17) is 16.3 Å². The Morgan fingerprint density at radius 3 is 1.50 bits per heavy atom. The lowest BCUT2D eigenvalue weighted by Gasteiger charge is -2.06. The topological polar surface area (TPSA) is 26.3 Å². The van der Waals surface area contributed by atoms with Crippen molar-refractivity contribution in [3.63, 3.8) is 0 Å². The molecule has 0 bridgehead atoms. The van der Waals surface area contributed by atoms with Crippen molar-refractivity contribution in [3.05, 3.63) is 0 Å². The van der Waals surface area contributed by atoms with E-state index in [0.29, 0.717) is 6.61 Å². The van der Waals surface area contributed by atoms with Crippen molar-refractivity contribution in [1.82, 2.24) is 0 Å². The van der Waals surface area contributed by atoms with Gasteiger partial charge in [-0.1, -0.05) is 90.4 Å². The van der Waals surface area contributed by atoms with Gasteiger partial charge in [-0.15, -0.1) is 11.6 Å². The number of halogens is 1. The molecule has 0 aromatic heterocycles. The molecule has 22 heavy (non-hydrogen) atoms. The van der Waals surface area contributed by atoms with E-state index in [0.717, 1.165) is 12.8 Å². The van der Waals surface area contributed by atoms with E-state index >= 15 is 0 Å². The zero-order valence-electron chi connectivity index (χ0n) is 14.9. The number of hydrogen-bond donors (Lipinski definition) is 0. The van der Waals surface area contributed by atoms with E-state index in [2.05, 4.69) is 6.92 Å². The van der Waals surface area contributed by atoms with E-state index in [1.807, 2.05) is 0 Å². The van der Waals surface area contributed by atoms with Crippen molar-refractivity contribution in [2.45, 2.75) is 109 Å². The summed E-state index contributed by atoms with van der Waals surface area (Å²) < 4.78 is 5.04. The van der Waals surface area contributed by atoms with Crippen LogP contribution in [0.25, 0.3) is 0 Å². The molecular weight excluding hydrogens is 296 g/mol. The first-order chi connectivity index (χ1) is 10.7. The standard InChI is InChI=1S/C19H37ClO2/c1-3-4-5-6-7-8-9-10-11-12-13-14-15-16-17-22-19(21)18(2)20/h18H,3-17H2,1-2H3. The van der Waals surface area contributed by atoms with Crippen molar-refractivity contribution >= 4 is 17.6 Å². The third-order valence-corrected chi connectivity index (χ3v) is 4.25. The van der Waals surface area contributed by atoms with Crippen molar-refractivity contribution in [2.75, 3.05) is 6.61 Å². The summed E-state index contributed by atoms with van der Waals surface area (Å²) in [6.45, 7) is 4.44. The molecule has 132 valence electrons. The minimum Gasteiger partial charge on any atom is -0.465 e. The Kier molecular flexibility index (Phi) is 16.9. The van der Waals surface area contributed by atoms with E-state index < -0.39 is 5.38 Å². The number of rotatable bonds is 16. The van der Waals surface area contributed by atoms with Crippen LogP contribution in [0.1, 0.15) is 104 Å². The van der Waals surface area contributed by atoms with Crippen LogP contribution in [0.3, 0.4) is 0 Å². The van der Waals surface area contributed by atoms with E-state index in [9.17, 15) is 4.79 Å². The number of alkyl halides is 1. The molecule has 0 aliphatic carbocycles. The van der Waals surface area contributed by atoms with Crippen LogP contribution >= 0.6 is 11.6 Å². The van der Waals surface area contributed by atoms with E-state index in [1.165, 1.54) is 77.0 Å². The molecule has 0 saturated heterocycles. The van der Waals surface area contributed by atoms with Gasteiger partial charge in [-0.3, -0.25) is 4.79 Å². The second kappa shape index (κ2) is 17.1. The second-order valence-electron chi connectivity index (χ2n) is 6.38. The van der Waals surface area contributed by atoms with Crippen LogP contribution in [0.15, 0.2) is 0 Å². The lowest BCUT2D eigenvalue weighted by atomic mass is 10.0. The highest BCUT2D eigenvalue weighted by molar-refractivity contribution is 6.29. The Morgan fingerprint density at radius 1 is 0.773 bits per heavy atom. The van der Waals surface area contributed by atoms with Gasteiger partial charge < -0.3 is 4.74 Å². The number of ether oxygens (including phenoxy) is 1. The maximum Gasteiger partial charge on any atom is 0.323 e. The molecule has 0 amide bonds. The van der Waals surface area contributed by atoms with Gasteiger partial charge in [0.2, 0.25) is 0 Å². The fraction of sp³-hybridized carbons (Fsp3) is 0.947. The Bertz CT molecular complexity index is 242. The predicted octanol–water partition coefficient (Wildman–Crippen LogP) is 6.64. The lowest BCUT2D eigenvalue weighted by molar-refractivity contribution is -0.142. The highest BCUT2D eigenvalue weighted by atomic mass is 35.5. The van der Waals surface area contributed by atoms with Crippen LogP contribution in [0.4, 0.5) is 0 Å². The average molecular weight is 333 g/mol. The predicted molar refractivity (Wildman–Crippen MR) is 96.6 cm³/mol. The summed E-state index contributed by atoms with van der Waals surface area (Å²) in [7, 11) is 0. The normalized spacial score (nSPS) is 12.3. The van der Waals surface area contributed by atoms with E-state index in [1.54, 1.807) is 6.92 Å². The van der Waals surface area contributed by atoms with Crippen LogP contribution in [-0.4, -0.2) is 18.0 Å². The highest BCUT2D eigenvalue weighted by Gasteiger charge is 2.09. The van der Waals surface area contributed by atoms with Crippen LogP contribution in [0.2, 0.25) is 0 Å². The molecule has 0 rings (SSSR count). The first kappa shape index (κ1) is 21.8. The quantitative estimate of drug-likeness (QED) is 0.180. The highest BCUT2D eigenvalue weighted by Crippen LogP contribution is 2.13. The fourth-order valence-corrected chi connectivity index (χ4v) is 2.65. The van der Waals surface area contributed by atoms with Crippen LogP contribution in [-0.2, 0) is 9.53 Å². The maximum atomic E-state index is 11.1. The molecule has 0 N–H and O–H groups in total. The summed E-state index contributed by atoms with van der Waals surface area (Å²) in [5.74, 6) is -0.295. The number of esters is 1. The van der Waals surface area contributed by atoms with Gasteiger partial charge in [0.25, 0.3) is 0 Å². The van der Waals surface area contributed by atoms with Gasteiger partial charge in [0.05, 0.1) is 6.61 Å². The lowest BCUT2D eigenvalue weighted by Crippen LogP contribution is -2.14. The molecule has 1 unspecified atom stereocenters. The zero-order valence-corrected chi connectivity index (χ0v) is 15.6. The summed E-state index contributed by atoms with van der Waals surface area (Å²) in [5, 5.41) is -0.522.